The number of pyridine rings is 1. The van der Waals surface area contributed by atoms with Crippen LogP contribution < -0.4 is 21.4 Å². The van der Waals surface area contributed by atoms with Crippen LogP contribution in [0.15, 0.2) is 66.9 Å². The Labute approximate surface area is 176 Å². The molecule has 0 aliphatic rings. The molecule has 8 heteroatoms. The second-order valence-corrected chi connectivity index (χ2v) is 6.88. The molecule has 1 heterocycles. The second-order valence-electron chi connectivity index (χ2n) is 6.88. The maximum atomic E-state index is 11.8. The number of rotatable bonds is 9. The number of aromatic nitrogens is 1. The molecule has 0 fully saturated rings. The molecule has 0 aliphatic heterocycles. The maximum Gasteiger partial charge on any atom is 0.252 e. The largest absolute Gasteiger partial charge is 0.380 e. The molecule has 0 saturated carbocycles. The molecular formula is C22H26N6O2. The number of primary amides is 1. The number of anilines is 4. The molecule has 8 nitrogen and oxygen atoms in total. The van der Waals surface area contributed by atoms with E-state index >= 15 is 0 Å². The van der Waals surface area contributed by atoms with Crippen molar-refractivity contribution < 1.29 is 9.73 Å². The lowest BCUT2D eigenvalue weighted by molar-refractivity contribution is -0.127. The normalized spacial score (nSPS) is 10.7. The van der Waals surface area contributed by atoms with E-state index in [1.165, 1.54) is 6.20 Å². The van der Waals surface area contributed by atoms with Crippen LogP contribution in [0.1, 0.15) is 15.9 Å². The predicted molar refractivity (Wildman–Crippen MR) is 119 cm³/mol. The topological polar surface area (TPSA) is 95.8 Å². The first-order valence-electron chi connectivity index (χ1n) is 9.46. The van der Waals surface area contributed by atoms with E-state index in [0.29, 0.717) is 23.6 Å². The average molecular weight is 406 g/mol. The molecule has 0 radical (unpaired) electrons. The molecule has 4 N–H and O–H groups in total. The Morgan fingerprint density at radius 3 is 2.40 bits per heavy atom. The molecule has 3 aromatic rings. The second kappa shape index (κ2) is 9.73. The van der Waals surface area contributed by atoms with Crippen molar-refractivity contribution in [2.24, 2.45) is 5.73 Å². The zero-order valence-corrected chi connectivity index (χ0v) is 17.3. The van der Waals surface area contributed by atoms with Gasteiger partial charge in [0, 0.05) is 45.6 Å². The number of amides is 1. The molecule has 1 aromatic heterocycles. The smallest absolute Gasteiger partial charge is 0.252 e. The van der Waals surface area contributed by atoms with Gasteiger partial charge in [-0.2, -0.15) is 10.0 Å². The fraction of sp³-hybridized carbons (Fsp3) is 0.182. The number of hydroxylamine groups is 3. The van der Waals surface area contributed by atoms with Crippen molar-refractivity contribution in [1.29, 1.82) is 0 Å². The average Bonchev–Trinajstić information content (AvgIpc) is 2.73. The zero-order valence-electron chi connectivity index (χ0n) is 17.3. The van der Waals surface area contributed by atoms with Crippen LogP contribution in [-0.4, -0.2) is 37.1 Å². The van der Waals surface area contributed by atoms with E-state index in [1.807, 2.05) is 75.7 Å². The molecule has 3 rings (SSSR count). The van der Waals surface area contributed by atoms with Gasteiger partial charge in [0.15, 0.2) is 0 Å². The molecule has 0 saturated heterocycles. The lowest BCUT2D eigenvalue weighted by Crippen LogP contribution is -2.26. The molecule has 2 aromatic carbocycles. The van der Waals surface area contributed by atoms with Crippen molar-refractivity contribution in [3.05, 3.63) is 78.0 Å². The summed E-state index contributed by atoms with van der Waals surface area (Å²) in [6.07, 6.45) is 1.48. The first kappa shape index (κ1) is 21.1. The highest BCUT2D eigenvalue weighted by molar-refractivity contribution is 5.98. The van der Waals surface area contributed by atoms with E-state index in [4.69, 9.17) is 10.7 Å². The van der Waals surface area contributed by atoms with Crippen molar-refractivity contribution >= 4 is 28.8 Å². The molecule has 1 amide bonds. The Bertz CT molecular complexity index is 977. The van der Waals surface area contributed by atoms with Gasteiger partial charge in [0.05, 0.1) is 16.9 Å². The Morgan fingerprint density at radius 1 is 1.07 bits per heavy atom. The maximum absolute atomic E-state index is 11.8. The van der Waals surface area contributed by atoms with Crippen molar-refractivity contribution in [3.63, 3.8) is 0 Å². The van der Waals surface area contributed by atoms with Gasteiger partial charge in [-0.1, -0.05) is 30.3 Å². The number of nitrogens with two attached hydrogens (primary N) is 1. The third-order valence-corrected chi connectivity index (χ3v) is 4.28. The van der Waals surface area contributed by atoms with Crippen LogP contribution in [0.25, 0.3) is 0 Å². The summed E-state index contributed by atoms with van der Waals surface area (Å²) in [5.74, 6) is 0.0686. The van der Waals surface area contributed by atoms with E-state index in [2.05, 4.69) is 15.6 Å². The summed E-state index contributed by atoms with van der Waals surface area (Å²) in [4.78, 5) is 21.6. The summed E-state index contributed by atoms with van der Waals surface area (Å²) < 4.78 is 0. The van der Waals surface area contributed by atoms with Crippen molar-refractivity contribution in [2.45, 2.75) is 6.54 Å². The molecule has 0 atom stereocenters. The lowest BCUT2D eigenvalue weighted by Gasteiger charge is -2.22. The van der Waals surface area contributed by atoms with E-state index < -0.39 is 5.91 Å². The van der Waals surface area contributed by atoms with Crippen LogP contribution >= 0.6 is 0 Å². The van der Waals surface area contributed by atoms with Crippen LogP contribution in [0.5, 0.6) is 0 Å². The molecule has 0 bridgehead atoms. The molecule has 0 spiro atoms. The van der Waals surface area contributed by atoms with E-state index in [1.54, 1.807) is 16.2 Å². The van der Waals surface area contributed by atoms with Crippen LogP contribution in [0.4, 0.5) is 22.9 Å². The Kier molecular flexibility index (Phi) is 6.84. The van der Waals surface area contributed by atoms with Crippen molar-refractivity contribution in [1.82, 2.24) is 10.0 Å². The summed E-state index contributed by atoms with van der Waals surface area (Å²) >= 11 is 0. The molecule has 0 aliphatic carbocycles. The van der Waals surface area contributed by atoms with Crippen LogP contribution in [0.3, 0.4) is 0 Å². The highest BCUT2D eigenvalue weighted by Crippen LogP contribution is 2.24. The zero-order chi connectivity index (χ0) is 21.5. The molecule has 156 valence electrons. The summed E-state index contributed by atoms with van der Waals surface area (Å²) in [5, 5.41) is 9.79. The fourth-order valence-corrected chi connectivity index (χ4v) is 2.85. The number of benzene rings is 2. The van der Waals surface area contributed by atoms with Gasteiger partial charge in [-0.05, 0) is 29.8 Å². The number of hydrogen-bond acceptors (Lipinski definition) is 7. The SMILES string of the molecule is CN(C)ON(C)c1ccc(Nc2cc(NCc3ccccc3)c(C(N)=O)cn2)cc1. The fourth-order valence-electron chi connectivity index (χ4n) is 2.85. The summed E-state index contributed by atoms with van der Waals surface area (Å²) in [7, 11) is 5.46. The monoisotopic (exact) mass is 406 g/mol. The van der Waals surface area contributed by atoms with Gasteiger partial charge in [0.1, 0.15) is 5.82 Å². The number of carbonyl (C=O) groups excluding carboxylic acids is 1. The van der Waals surface area contributed by atoms with Crippen molar-refractivity contribution in [2.75, 3.05) is 36.8 Å². The Morgan fingerprint density at radius 2 is 1.77 bits per heavy atom. The third-order valence-electron chi connectivity index (χ3n) is 4.28. The third kappa shape index (κ3) is 5.69. The van der Waals surface area contributed by atoms with Gasteiger partial charge in [0.2, 0.25) is 0 Å². The predicted octanol–water partition coefficient (Wildman–Crippen LogP) is 3.38. The van der Waals surface area contributed by atoms with E-state index in [-0.39, 0.29) is 0 Å². The Balaban J connectivity index is 1.73. The van der Waals surface area contributed by atoms with Gasteiger partial charge < -0.3 is 16.4 Å². The highest BCUT2D eigenvalue weighted by Gasteiger charge is 2.11. The lowest BCUT2D eigenvalue weighted by atomic mass is 10.2. The molecule has 0 unspecified atom stereocenters. The van der Waals surface area contributed by atoms with E-state index in [0.717, 1.165) is 16.9 Å². The van der Waals surface area contributed by atoms with Gasteiger partial charge in [-0.15, -0.1) is 0 Å². The van der Waals surface area contributed by atoms with Crippen LogP contribution in [-0.2, 0) is 11.5 Å². The summed E-state index contributed by atoms with van der Waals surface area (Å²) in [6.45, 7) is 0.567. The Hall–Kier alpha value is -3.62. The first-order valence-corrected chi connectivity index (χ1v) is 9.46. The summed E-state index contributed by atoms with van der Waals surface area (Å²) in [5.41, 5.74) is 9.32. The number of nitrogens with zero attached hydrogens (tertiary/aromatic N) is 3. The standard InChI is InChI=1S/C22H26N6O2/c1-27(2)30-28(3)18-11-9-17(10-12-18)26-21-13-20(19(15-25-21)22(23)29)24-14-16-7-5-4-6-8-16/h4-13,15H,14H2,1-3H3,(H2,23,29)(H2,24,25,26). The molecular weight excluding hydrogens is 380 g/mol. The minimum absolute atomic E-state index is 0.342. The highest BCUT2D eigenvalue weighted by atomic mass is 16.8. The number of hydrogen-bond donors (Lipinski definition) is 3. The van der Waals surface area contributed by atoms with Gasteiger partial charge in [-0.25, -0.2) is 10.0 Å². The molecule has 30 heavy (non-hydrogen) atoms. The quantitative estimate of drug-likeness (QED) is 0.469. The minimum atomic E-state index is -0.530. The van der Waals surface area contributed by atoms with Crippen LogP contribution in [0.2, 0.25) is 0 Å². The van der Waals surface area contributed by atoms with Gasteiger partial charge in [0.25, 0.3) is 5.91 Å². The number of nitrogens with one attached hydrogen (secondary N) is 2. The van der Waals surface area contributed by atoms with Gasteiger partial charge in [-0.3, -0.25) is 4.79 Å². The van der Waals surface area contributed by atoms with Crippen molar-refractivity contribution in [3.8, 4) is 0 Å². The number of carbonyl (C=O) groups is 1. The minimum Gasteiger partial charge on any atom is -0.380 e. The van der Waals surface area contributed by atoms with Gasteiger partial charge >= 0.3 is 0 Å². The van der Waals surface area contributed by atoms with Crippen LogP contribution in [0, 0.1) is 0 Å². The first-order chi connectivity index (χ1) is 14.4. The van der Waals surface area contributed by atoms with E-state index in [9.17, 15) is 4.79 Å². The summed E-state index contributed by atoms with van der Waals surface area (Å²) in [6, 6.07) is 19.4.